The smallest absolute Gasteiger partial charge is 0.119 e. The van der Waals surface area contributed by atoms with E-state index < -0.39 is 0 Å². The molecule has 0 aromatic heterocycles. The van der Waals surface area contributed by atoms with Crippen LogP contribution in [0.25, 0.3) is 0 Å². The number of hydrogen-bond acceptors (Lipinski definition) is 7. The van der Waals surface area contributed by atoms with Gasteiger partial charge in [0.15, 0.2) is 0 Å². The van der Waals surface area contributed by atoms with E-state index in [9.17, 15) is 5.11 Å². The van der Waals surface area contributed by atoms with Crippen molar-refractivity contribution in [3.05, 3.63) is 59.7 Å². The molecular formula is C24H34N2O5. The Morgan fingerprint density at radius 3 is 2.29 bits per heavy atom. The molecule has 2 aromatic rings. The van der Waals surface area contributed by atoms with Gasteiger partial charge in [-0.25, -0.2) is 0 Å². The van der Waals surface area contributed by atoms with Gasteiger partial charge in [0.05, 0.1) is 33.0 Å². The van der Waals surface area contributed by atoms with E-state index in [1.54, 1.807) is 7.11 Å². The predicted molar refractivity (Wildman–Crippen MR) is 119 cm³/mol. The molecule has 0 unspecified atom stereocenters. The second kappa shape index (κ2) is 12.0. The van der Waals surface area contributed by atoms with Gasteiger partial charge in [-0.2, -0.15) is 0 Å². The van der Waals surface area contributed by atoms with Crippen LogP contribution < -0.4 is 9.47 Å². The summed E-state index contributed by atoms with van der Waals surface area (Å²) in [5, 5.41) is 19.3. The highest BCUT2D eigenvalue weighted by Gasteiger charge is 2.33. The topological polar surface area (TPSA) is 74.6 Å². The lowest BCUT2D eigenvalue weighted by molar-refractivity contribution is 0.0705. The van der Waals surface area contributed by atoms with Gasteiger partial charge in [-0.15, -0.1) is 0 Å². The lowest BCUT2D eigenvalue weighted by atomic mass is 10.1. The second-order valence-electron chi connectivity index (χ2n) is 7.92. The van der Waals surface area contributed by atoms with Crippen LogP contribution in [0.3, 0.4) is 0 Å². The number of likely N-dealkylation sites (tertiary alicyclic amines) is 1. The van der Waals surface area contributed by atoms with Crippen LogP contribution >= 0.6 is 0 Å². The lowest BCUT2D eigenvalue weighted by Crippen LogP contribution is -2.40. The van der Waals surface area contributed by atoms with Gasteiger partial charge in [0.25, 0.3) is 0 Å². The maximum absolute atomic E-state index is 10.6. The summed E-state index contributed by atoms with van der Waals surface area (Å²) in [6.07, 6.45) is -0.371. The second-order valence-corrected chi connectivity index (χ2v) is 7.92. The summed E-state index contributed by atoms with van der Waals surface area (Å²) in [6.45, 7) is 4.35. The van der Waals surface area contributed by atoms with E-state index in [4.69, 9.17) is 19.3 Å². The Balaban J connectivity index is 1.45. The number of rotatable bonds is 12. The zero-order valence-electron chi connectivity index (χ0n) is 18.4. The largest absolute Gasteiger partial charge is 0.497 e. The number of methoxy groups -OCH3 is 1. The molecule has 0 bridgehead atoms. The highest BCUT2D eigenvalue weighted by Crippen LogP contribution is 2.21. The third kappa shape index (κ3) is 7.19. The summed E-state index contributed by atoms with van der Waals surface area (Å²) in [5.74, 6) is 1.65. The molecule has 7 heteroatoms. The first-order valence-corrected chi connectivity index (χ1v) is 10.7. The average molecular weight is 431 g/mol. The quantitative estimate of drug-likeness (QED) is 0.497. The Hall–Kier alpha value is -2.16. The first-order chi connectivity index (χ1) is 15.1. The van der Waals surface area contributed by atoms with Gasteiger partial charge >= 0.3 is 0 Å². The fourth-order valence-corrected chi connectivity index (χ4v) is 3.88. The number of nitrogens with zero attached hydrogens (tertiary/aromatic N) is 2. The van der Waals surface area contributed by atoms with Crippen LogP contribution in [0.5, 0.6) is 11.5 Å². The first-order valence-electron chi connectivity index (χ1n) is 10.7. The monoisotopic (exact) mass is 430 g/mol. The van der Waals surface area contributed by atoms with Gasteiger partial charge in [0.2, 0.25) is 0 Å². The van der Waals surface area contributed by atoms with Crippen LogP contribution in [0.2, 0.25) is 0 Å². The van der Waals surface area contributed by atoms with E-state index in [1.807, 2.05) is 24.3 Å². The minimum absolute atomic E-state index is 0.0258. The van der Waals surface area contributed by atoms with Crippen molar-refractivity contribution < 1.29 is 24.4 Å². The Bertz CT molecular complexity index is 769. The van der Waals surface area contributed by atoms with Crippen LogP contribution in [-0.4, -0.2) is 85.8 Å². The van der Waals surface area contributed by atoms with Crippen molar-refractivity contribution in [2.24, 2.45) is 0 Å². The molecular weight excluding hydrogens is 396 g/mol. The Labute approximate surface area is 184 Å². The van der Waals surface area contributed by atoms with Crippen molar-refractivity contribution >= 4 is 0 Å². The normalized spacial score (nSPS) is 19.1. The van der Waals surface area contributed by atoms with Crippen LogP contribution in [0.15, 0.2) is 48.5 Å². The fourth-order valence-electron chi connectivity index (χ4n) is 3.88. The van der Waals surface area contributed by atoms with Crippen LogP contribution in [-0.2, 0) is 17.8 Å². The molecule has 0 spiro atoms. The van der Waals surface area contributed by atoms with E-state index >= 15 is 0 Å². The molecule has 1 heterocycles. The molecule has 0 saturated carbocycles. The molecule has 1 saturated heterocycles. The van der Waals surface area contributed by atoms with Gasteiger partial charge in [-0.05, 0) is 42.4 Å². The highest BCUT2D eigenvalue weighted by molar-refractivity contribution is 5.28. The summed E-state index contributed by atoms with van der Waals surface area (Å²) in [5.41, 5.74) is 2.39. The maximum atomic E-state index is 10.6. The minimum Gasteiger partial charge on any atom is -0.497 e. The number of aliphatic hydroxyl groups excluding tert-OH is 2. The molecule has 2 atom stereocenters. The summed E-state index contributed by atoms with van der Waals surface area (Å²) in [6, 6.07) is 16.2. The third-order valence-electron chi connectivity index (χ3n) is 5.55. The van der Waals surface area contributed by atoms with Crippen molar-refractivity contribution in [3.8, 4) is 11.5 Å². The number of ether oxygens (including phenoxy) is 3. The molecule has 7 nitrogen and oxygen atoms in total. The zero-order chi connectivity index (χ0) is 22.1. The standard InChI is InChI=1S/C24H34N2O5/c1-25(15-19-3-7-21(29-2)8-4-19)23-17-26(18-24(23)28)16-20-5-9-22(10-6-20)31-14-13-30-12-11-27/h3-10,23-24,27-28H,11-18H2,1-2H3/t23-,24-/m1/s1. The summed E-state index contributed by atoms with van der Waals surface area (Å²) in [4.78, 5) is 4.51. The fraction of sp³-hybridized carbons (Fsp3) is 0.500. The van der Waals surface area contributed by atoms with Crippen molar-refractivity contribution in [2.45, 2.75) is 25.2 Å². The summed E-state index contributed by atoms with van der Waals surface area (Å²) < 4.78 is 16.0. The van der Waals surface area contributed by atoms with Crippen molar-refractivity contribution in [3.63, 3.8) is 0 Å². The van der Waals surface area contributed by atoms with E-state index in [0.717, 1.165) is 31.1 Å². The molecule has 2 N–H and O–H groups in total. The minimum atomic E-state index is -0.371. The summed E-state index contributed by atoms with van der Waals surface area (Å²) in [7, 11) is 3.74. The van der Waals surface area contributed by atoms with Gasteiger partial charge < -0.3 is 24.4 Å². The van der Waals surface area contributed by atoms with Crippen LogP contribution in [0.4, 0.5) is 0 Å². The molecule has 0 radical (unpaired) electrons. The van der Waals surface area contributed by atoms with Gasteiger partial charge in [0, 0.05) is 32.2 Å². The van der Waals surface area contributed by atoms with Gasteiger partial charge in [-0.3, -0.25) is 9.80 Å². The van der Waals surface area contributed by atoms with Gasteiger partial charge in [0.1, 0.15) is 18.1 Å². The molecule has 0 aliphatic carbocycles. The van der Waals surface area contributed by atoms with Crippen molar-refractivity contribution in [2.75, 3.05) is 53.7 Å². The first kappa shape index (κ1) is 23.5. The van der Waals surface area contributed by atoms with Crippen LogP contribution in [0.1, 0.15) is 11.1 Å². The van der Waals surface area contributed by atoms with Gasteiger partial charge in [-0.1, -0.05) is 24.3 Å². The molecule has 1 aliphatic rings. The Morgan fingerprint density at radius 1 is 0.935 bits per heavy atom. The van der Waals surface area contributed by atoms with Crippen molar-refractivity contribution in [1.82, 2.24) is 9.80 Å². The third-order valence-corrected chi connectivity index (χ3v) is 5.55. The number of benzene rings is 2. The van der Waals surface area contributed by atoms with E-state index in [1.165, 1.54) is 11.1 Å². The molecule has 2 aromatic carbocycles. The number of β-amino-alcohol motifs (C(OH)–C–C–N with tert-alkyl or cyclic N) is 1. The SMILES string of the molecule is COc1ccc(CN(C)[C@@H]2CN(Cc3ccc(OCCOCCO)cc3)C[C@H]2O)cc1. The molecule has 0 amide bonds. The van der Waals surface area contributed by atoms with E-state index in [0.29, 0.717) is 26.4 Å². The maximum Gasteiger partial charge on any atom is 0.119 e. The predicted octanol–water partition coefficient (Wildman–Crippen LogP) is 1.76. The number of aliphatic hydroxyl groups is 2. The molecule has 170 valence electrons. The van der Waals surface area contributed by atoms with Crippen molar-refractivity contribution in [1.29, 1.82) is 0 Å². The van der Waals surface area contributed by atoms with Crippen LogP contribution in [0, 0.1) is 0 Å². The van der Waals surface area contributed by atoms with E-state index in [2.05, 4.69) is 41.1 Å². The number of likely N-dealkylation sites (N-methyl/N-ethyl adjacent to an activating group) is 1. The molecule has 3 rings (SSSR count). The highest BCUT2D eigenvalue weighted by atomic mass is 16.5. The van der Waals surface area contributed by atoms with E-state index in [-0.39, 0.29) is 18.8 Å². The lowest BCUT2D eigenvalue weighted by Gasteiger charge is -2.26. The molecule has 31 heavy (non-hydrogen) atoms. The summed E-state index contributed by atoms with van der Waals surface area (Å²) >= 11 is 0. The number of hydrogen-bond donors (Lipinski definition) is 2. The molecule has 1 fully saturated rings. The zero-order valence-corrected chi connectivity index (χ0v) is 18.4. The molecule has 1 aliphatic heterocycles. The Kier molecular flexibility index (Phi) is 9.12. The average Bonchev–Trinajstić information content (AvgIpc) is 3.15. The Morgan fingerprint density at radius 2 is 1.61 bits per heavy atom.